The first-order chi connectivity index (χ1) is 15.1. The fourth-order valence-electron chi connectivity index (χ4n) is 3.55. The maximum Gasteiger partial charge on any atom is 0.290 e. The molecule has 7 nitrogen and oxygen atoms in total. The Morgan fingerprint density at radius 3 is 2.84 bits per heavy atom. The molecule has 0 saturated heterocycles. The normalized spacial score (nSPS) is 15.9. The lowest BCUT2D eigenvalue weighted by atomic mass is 9.94. The smallest absolute Gasteiger partial charge is 0.290 e. The maximum absolute atomic E-state index is 13.2. The SMILES string of the molecule is C=CCOc1cccc([C@H]2C(C(=O)c3ccco3)=C(O)C(=O)N2Cc2cccnc2)c1. The molecule has 1 N–H and O–H groups in total. The number of hydrogen-bond donors (Lipinski definition) is 1. The lowest BCUT2D eigenvalue weighted by molar-refractivity contribution is -0.130. The minimum absolute atomic E-state index is 0.0373. The Morgan fingerprint density at radius 1 is 1.26 bits per heavy atom. The number of pyridine rings is 1. The van der Waals surface area contributed by atoms with Crippen LogP contribution in [0.25, 0.3) is 0 Å². The number of hydrogen-bond acceptors (Lipinski definition) is 6. The zero-order chi connectivity index (χ0) is 21.8. The Balaban J connectivity index is 1.78. The van der Waals surface area contributed by atoms with Gasteiger partial charge in [0.05, 0.1) is 17.9 Å². The number of Topliss-reactive ketones (excluding diaryl/α,β-unsaturated/α-hetero) is 1. The molecule has 7 heteroatoms. The molecule has 0 radical (unpaired) electrons. The summed E-state index contributed by atoms with van der Waals surface area (Å²) in [6.45, 7) is 4.11. The van der Waals surface area contributed by atoms with E-state index in [1.54, 1.807) is 54.9 Å². The number of ketones is 1. The van der Waals surface area contributed by atoms with Crippen molar-refractivity contribution >= 4 is 11.7 Å². The lowest BCUT2D eigenvalue weighted by Crippen LogP contribution is -2.30. The van der Waals surface area contributed by atoms with Gasteiger partial charge in [0.2, 0.25) is 5.78 Å². The van der Waals surface area contributed by atoms with E-state index in [1.807, 2.05) is 6.07 Å². The molecule has 0 spiro atoms. The Labute approximate surface area is 178 Å². The second-order valence-electron chi connectivity index (χ2n) is 6.94. The van der Waals surface area contributed by atoms with Gasteiger partial charge in [-0.2, -0.15) is 0 Å². The summed E-state index contributed by atoms with van der Waals surface area (Å²) < 4.78 is 10.9. The summed E-state index contributed by atoms with van der Waals surface area (Å²) >= 11 is 0. The first-order valence-electron chi connectivity index (χ1n) is 9.65. The van der Waals surface area contributed by atoms with E-state index in [0.717, 1.165) is 5.56 Å². The van der Waals surface area contributed by atoms with Crippen molar-refractivity contribution in [2.24, 2.45) is 0 Å². The molecule has 1 aliphatic rings. The topological polar surface area (TPSA) is 92.9 Å². The van der Waals surface area contributed by atoms with Gasteiger partial charge >= 0.3 is 0 Å². The molecule has 3 aromatic rings. The minimum Gasteiger partial charge on any atom is -0.503 e. The molecule has 31 heavy (non-hydrogen) atoms. The number of ether oxygens (including phenoxy) is 1. The number of rotatable bonds is 8. The van der Waals surface area contributed by atoms with Crippen LogP contribution in [-0.4, -0.2) is 33.3 Å². The Kier molecular flexibility index (Phi) is 5.66. The van der Waals surface area contributed by atoms with E-state index < -0.39 is 23.5 Å². The van der Waals surface area contributed by atoms with Crippen molar-refractivity contribution in [2.45, 2.75) is 12.6 Å². The van der Waals surface area contributed by atoms with Crippen LogP contribution in [0.4, 0.5) is 0 Å². The van der Waals surface area contributed by atoms with E-state index in [1.165, 1.54) is 17.2 Å². The van der Waals surface area contributed by atoms with Gasteiger partial charge in [-0.15, -0.1) is 0 Å². The summed E-state index contributed by atoms with van der Waals surface area (Å²) in [7, 11) is 0. The van der Waals surface area contributed by atoms with Gasteiger partial charge in [0, 0.05) is 18.9 Å². The number of nitrogens with zero attached hydrogens (tertiary/aromatic N) is 2. The van der Waals surface area contributed by atoms with Crippen LogP contribution in [0.15, 0.2) is 95.6 Å². The molecule has 1 aliphatic heterocycles. The molecule has 1 amide bonds. The predicted molar refractivity (Wildman–Crippen MR) is 112 cm³/mol. The molecule has 156 valence electrons. The number of furan rings is 1. The van der Waals surface area contributed by atoms with Gasteiger partial charge in [0.1, 0.15) is 12.4 Å². The molecule has 0 bridgehead atoms. The van der Waals surface area contributed by atoms with Crippen LogP contribution in [0.1, 0.15) is 27.7 Å². The number of aliphatic hydroxyl groups excluding tert-OH is 1. The molecule has 3 heterocycles. The van der Waals surface area contributed by atoms with Crippen LogP contribution < -0.4 is 4.74 Å². The van der Waals surface area contributed by atoms with Crippen LogP contribution >= 0.6 is 0 Å². The van der Waals surface area contributed by atoms with E-state index in [9.17, 15) is 14.7 Å². The van der Waals surface area contributed by atoms with Crippen LogP contribution in [0, 0.1) is 0 Å². The highest BCUT2D eigenvalue weighted by molar-refractivity contribution is 6.15. The van der Waals surface area contributed by atoms with E-state index in [2.05, 4.69) is 11.6 Å². The van der Waals surface area contributed by atoms with Gasteiger partial charge in [-0.1, -0.05) is 30.9 Å². The highest BCUT2D eigenvalue weighted by atomic mass is 16.5. The van der Waals surface area contributed by atoms with Crippen LogP contribution in [0.5, 0.6) is 5.75 Å². The average molecular weight is 416 g/mol. The fraction of sp³-hybridized carbons (Fsp3) is 0.125. The van der Waals surface area contributed by atoms with Gasteiger partial charge in [0.15, 0.2) is 11.5 Å². The zero-order valence-electron chi connectivity index (χ0n) is 16.6. The van der Waals surface area contributed by atoms with Crippen molar-refractivity contribution in [3.8, 4) is 5.75 Å². The molecular formula is C24H20N2O5. The van der Waals surface area contributed by atoms with Crippen molar-refractivity contribution in [2.75, 3.05) is 6.61 Å². The van der Waals surface area contributed by atoms with Gasteiger partial charge in [0.25, 0.3) is 5.91 Å². The van der Waals surface area contributed by atoms with Gasteiger partial charge in [-0.25, -0.2) is 0 Å². The zero-order valence-corrected chi connectivity index (χ0v) is 16.6. The van der Waals surface area contributed by atoms with E-state index in [-0.39, 0.29) is 17.9 Å². The predicted octanol–water partition coefficient (Wildman–Crippen LogP) is 4.02. The third-order valence-corrected chi connectivity index (χ3v) is 4.91. The van der Waals surface area contributed by atoms with Crippen LogP contribution in [-0.2, 0) is 11.3 Å². The van der Waals surface area contributed by atoms with Gasteiger partial charge in [-0.3, -0.25) is 14.6 Å². The number of amides is 1. The maximum atomic E-state index is 13.2. The van der Waals surface area contributed by atoms with E-state index in [4.69, 9.17) is 9.15 Å². The van der Waals surface area contributed by atoms with E-state index >= 15 is 0 Å². The molecule has 1 aromatic carbocycles. The average Bonchev–Trinajstić information content (AvgIpc) is 3.42. The molecule has 0 fully saturated rings. The fourth-order valence-corrected chi connectivity index (χ4v) is 3.55. The van der Waals surface area contributed by atoms with Crippen molar-refractivity contribution < 1.29 is 23.8 Å². The lowest BCUT2D eigenvalue weighted by Gasteiger charge is -2.27. The summed E-state index contributed by atoms with van der Waals surface area (Å²) in [5.74, 6) is -1.18. The molecule has 0 unspecified atom stereocenters. The highest BCUT2D eigenvalue weighted by Gasteiger charge is 2.44. The Morgan fingerprint density at radius 2 is 2.13 bits per heavy atom. The quantitative estimate of drug-likeness (QED) is 0.440. The number of aliphatic hydroxyl groups is 1. The molecule has 0 saturated carbocycles. The summed E-state index contributed by atoms with van der Waals surface area (Å²) in [6.07, 6.45) is 6.26. The summed E-state index contributed by atoms with van der Waals surface area (Å²) in [5.41, 5.74) is 1.35. The Bertz CT molecular complexity index is 1140. The number of aromatic nitrogens is 1. The molecule has 1 atom stereocenters. The number of benzene rings is 1. The third kappa shape index (κ3) is 3.98. The van der Waals surface area contributed by atoms with Crippen molar-refractivity contribution in [3.05, 3.63) is 108 Å². The summed E-state index contributed by atoms with van der Waals surface area (Å²) in [4.78, 5) is 31.7. The van der Waals surface area contributed by atoms with Crippen LogP contribution in [0.2, 0.25) is 0 Å². The van der Waals surface area contributed by atoms with Crippen molar-refractivity contribution in [1.82, 2.24) is 9.88 Å². The largest absolute Gasteiger partial charge is 0.503 e. The summed E-state index contributed by atoms with van der Waals surface area (Å²) in [6, 6.07) is 12.9. The molecule has 0 aliphatic carbocycles. The number of carbonyl (C=O) groups excluding carboxylic acids is 2. The third-order valence-electron chi connectivity index (χ3n) is 4.91. The molecular weight excluding hydrogens is 396 g/mol. The van der Waals surface area contributed by atoms with Crippen molar-refractivity contribution in [1.29, 1.82) is 0 Å². The second kappa shape index (κ2) is 8.71. The first kappa shape index (κ1) is 20.2. The van der Waals surface area contributed by atoms with Gasteiger partial charge < -0.3 is 19.2 Å². The Hall–Kier alpha value is -4.13. The highest BCUT2D eigenvalue weighted by Crippen LogP contribution is 2.40. The van der Waals surface area contributed by atoms with Crippen molar-refractivity contribution in [3.63, 3.8) is 0 Å². The standard InChI is InChI=1S/C24H20N2O5/c1-2-11-30-18-8-3-7-17(13-18)21-20(22(27)19-9-5-12-31-19)23(28)24(29)26(21)15-16-6-4-10-25-14-16/h2-10,12-14,21,28H,1,11,15H2/t21-/m0/s1. The van der Waals surface area contributed by atoms with Crippen LogP contribution in [0.3, 0.4) is 0 Å². The van der Waals surface area contributed by atoms with Gasteiger partial charge in [-0.05, 0) is 41.5 Å². The summed E-state index contributed by atoms with van der Waals surface area (Å²) in [5, 5.41) is 10.7. The molecule has 4 rings (SSSR count). The van der Waals surface area contributed by atoms with E-state index in [0.29, 0.717) is 17.9 Å². The minimum atomic E-state index is -0.822. The number of carbonyl (C=O) groups is 2. The first-order valence-corrected chi connectivity index (χ1v) is 9.65. The molecule has 2 aromatic heterocycles. The monoisotopic (exact) mass is 416 g/mol. The second-order valence-corrected chi connectivity index (χ2v) is 6.94.